The quantitative estimate of drug-likeness (QED) is 0.610. The summed E-state index contributed by atoms with van der Waals surface area (Å²) >= 11 is 5.71. The van der Waals surface area contributed by atoms with E-state index in [0.717, 1.165) is 30.9 Å². The summed E-state index contributed by atoms with van der Waals surface area (Å²) < 4.78 is 4.66. The first-order chi connectivity index (χ1) is 14.6. The molecule has 2 heterocycles. The summed E-state index contributed by atoms with van der Waals surface area (Å²) in [5.74, 6) is 0.958. The smallest absolute Gasteiger partial charge is 0.228 e. The van der Waals surface area contributed by atoms with Gasteiger partial charge in [-0.15, -0.1) is 0 Å². The molecule has 1 aliphatic heterocycles. The van der Waals surface area contributed by atoms with Gasteiger partial charge in [-0.3, -0.25) is 14.3 Å². The third kappa shape index (κ3) is 4.86. The van der Waals surface area contributed by atoms with Crippen molar-refractivity contribution >= 4 is 23.8 Å². The molecule has 1 aliphatic rings. The summed E-state index contributed by atoms with van der Waals surface area (Å²) in [7, 11) is 0. The van der Waals surface area contributed by atoms with Gasteiger partial charge in [-0.1, -0.05) is 48.5 Å². The van der Waals surface area contributed by atoms with Crippen LogP contribution in [0.2, 0.25) is 0 Å². The Morgan fingerprint density at radius 3 is 2.57 bits per heavy atom. The highest BCUT2D eigenvalue weighted by atomic mass is 32.1. The van der Waals surface area contributed by atoms with Gasteiger partial charge in [0.25, 0.3) is 0 Å². The molecule has 4 rings (SSSR count). The molecule has 156 valence electrons. The largest absolute Gasteiger partial charge is 0.326 e. The minimum absolute atomic E-state index is 0.0272. The lowest BCUT2D eigenvalue weighted by Crippen LogP contribution is -2.41. The first-order valence-electron chi connectivity index (χ1n) is 10.4. The zero-order valence-corrected chi connectivity index (χ0v) is 18.0. The molecule has 7 heteroatoms. The number of amides is 1. The van der Waals surface area contributed by atoms with Crippen molar-refractivity contribution in [2.75, 3.05) is 18.4 Å². The maximum absolute atomic E-state index is 12.7. The van der Waals surface area contributed by atoms with Crippen LogP contribution < -0.4 is 5.32 Å². The molecule has 1 saturated heterocycles. The third-order valence-corrected chi connectivity index (χ3v) is 5.97. The highest BCUT2D eigenvalue weighted by molar-refractivity contribution is 7.71. The molecule has 2 aromatic carbocycles. The van der Waals surface area contributed by atoms with Crippen molar-refractivity contribution in [3.05, 3.63) is 76.8 Å². The van der Waals surface area contributed by atoms with Gasteiger partial charge in [0.2, 0.25) is 5.91 Å². The highest BCUT2D eigenvalue weighted by Crippen LogP contribution is 2.19. The Morgan fingerprint density at radius 1 is 1.13 bits per heavy atom. The van der Waals surface area contributed by atoms with Gasteiger partial charge in [0.05, 0.1) is 19.1 Å². The third-order valence-electron chi connectivity index (χ3n) is 5.54. The number of aromatic nitrogens is 3. The summed E-state index contributed by atoms with van der Waals surface area (Å²) in [6.45, 7) is 4.97. The van der Waals surface area contributed by atoms with Crippen molar-refractivity contribution in [2.24, 2.45) is 5.92 Å². The van der Waals surface area contributed by atoms with E-state index >= 15 is 0 Å². The Hall–Kier alpha value is -2.77. The van der Waals surface area contributed by atoms with Gasteiger partial charge in [0.1, 0.15) is 5.82 Å². The van der Waals surface area contributed by atoms with Crippen LogP contribution >= 0.6 is 12.2 Å². The molecule has 0 saturated carbocycles. The average molecular weight is 422 g/mol. The van der Waals surface area contributed by atoms with E-state index in [9.17, 15) is 4.79 Å². The van der Waals surface area contributed by atoms with Crippen molar-refractivity contribution in [3.63, 3.8) is 0 Å². The Morgan fingerprint density at radius 2 is 1.83 bits per heavy atom. The van der Waals surface area contributed by atoms with E-state index in [1.807, 2.05) is 60.1 Å². The van der Waals surface area contributed by atoms with E-state index in [0.29, 0.717) is 24.5 Å². The molecular weight excluding hydrogens is 394 g/mol. The molecule has 0 aliphatic carbocycles. The lowest BCUT2D eigenvalue weighted by molar-refractivity contribution is -0.121. The predicted molar refractivity (Wildman–Crippen MR) is 121 cm³/mol. The molecule has 1 fully saturated rings. The van der Waals surface area contributed by atoms with Gasteiger partial charge in [0, 0.05) is 12.2 Å². The molecule has 1 aromatic heterocycles. The van der Waals surface area contributed by atoms with Gasteiger partial charge in [-0.05, 0) is 56.2 Å². The number of carbonyl (C=O) groups excluding carboxylic acids is 1. The van der Waals surface area contributed by atoms with Crippen LogP contribution in [0.3, 0.4) is 0 Å². The monoisotopic (exact) mass is 421 g/mol. The van der Waals surface area contributed by atoms with Crippen LogP contribution in [0.15, 0.2) is 60.7 Å². The molecule has 1 amide bonds. The van der Waals surface area contributed by atoms with Crippen LogP contribution in [0.1, 0.15) is 24.2 Å². The Labute approximate surface area is 182 Å². The zero-order valence-electron chi connectivity index (χ0n) is 17.2. The SMILES string of the molecule is Cc1nn(CN2CCCC(C(=O)Nc3ccccc3)C2)c(=S)n1Cc1ccccc1. The summed E-state index contributed by atoms with van der Waals surface area (Å²) in [4.78, 5) is 15.0. The van der Waals surface area contributed by atoms with Gasteiger partial charge < -0.3 is 5.32 Å². The maximum Gasteiger partial charge on any atom is 0.228 e. The lowest BCUT2D eigenvalue weighted by Gasteiger charge is -2.31. The number of benzene rings is 2. The minimum Gasteiger partial charge on any atom is -0.326 e. The number of hydrogen-bond acceptors (Lipinski definition) is 4. The molecular formula is C23H27N5OS. The van der Waals surface area contributed by atoms with E-state index in [-0.39, 0.29) is 11.8 Å². The molecule has 1 atom stereocenters. The maximum atomic E-state index is 12.7. The molecule has 6 nitrogen and oxygen atoms in total. The van der Waals surface area contributed by atoms with E-state index < -0.39 is 0 Å². The van der Waals surface area contributed by atoms with E-state index in [4.69, 9.17) is 12.2 Å². The van der Waals surface area contributed by atoms with Crippen LogP contribution in [0.4, 0.5) is 5.69 Å². The number of nitrogens with one attached hydrogen (secondary N) is 1. The van der Waals surface area contributed by atoms with Crippen LogP contribution in [0.25, 0.3) is 0 Å². The molecule has 1 unspecified atom stereocenters. The second kappa shape index (κ2) is 9.36. The highest BCUT2D eigenvalue weighted by Gasteiger charge is 2.26. The van der Waals surface area contributed by atoms with Crippen LogP contribution in [0, 0.1) is 17.6 Å². The van der Waals surface area contributed by atoms with Crippen molar-refractivity contribution < 1.29 is 4.79 Å². The standard InChI is InChI=1S/C23H27N5OS/c1-18-25-28(23(30)27(18)15-19-9-4-2-5-10-19)17-26-14-8-11-20(16-26)22(29)24-21-12-6-3-7-13-21/h2-7,9-10,12-13,20H,8,11,14-17H2,1H3,(H,24,29). The van der Waals surface area contributed by atoms with Crippen molar-refractivity contribution in [2.45, 2.75) is 33.0 Å². The first kappa shape index (κ1) is 20.5. The van der Waals surface area contributed by atoms with Crippen LogP contribution in [0.5, 0.6) is 0 Å². The molecule has 0 radical (unpaired) electrons. The lowest BCUT2D eigenvalue weighted by atomic mass is 9.97. The number of carbonyl (C=O) groups is 1. The second-order valence-electron chi connectivity index (χ2n) is 7.81. The number of rotatable bonds is 6. The fourth-order valence-electron chi connectivity index (χ4n) is 3.94. The second-order valence-corrected chi connectivity index (χ2v) is 8.18. The predicted octanol–water partition coefficient (Wildman–Crippen LogP) is 4.08. The van der Waals surface area contributed by atoms with Gasteiger partial charge in [0.15, 0.2) is 4.77 Å². The van der Waals surface area contributed by atoms with Crippen LogP contribution in [-0.2, 0) is 18.0 Å². The van der Waals surface area contributed by atoms with Crippen LogP contribution in [-0.4, -0.2) is 38.2 Å². The van der Waals surface area contributed by atoms with Gasteiger partial charge in [-0.2, -0.15) is 5.10 Å². The normalized spacial score (nSPS) is 17.0. The van der Waals surface area contributed by atoms with Crippen molar-refractivity contribution in [1.29, 1.82) is 0 Å². The molecule has 0 bridgehead atoms. The summed E-state index contributed by atoms with van der Waals surface area (Å²) in [5, 5.41) is 7.71. The minimum atomic E-state index is -0.0272. The van der Waals surface area contributed by atoms with E-state index in [2.05, 4.69) is 32.0 Å². The number of anilines is 1. The fourth-order valence-corrected chi connectivity index (χ4v) is 4.24. The molecule has 3 aromatic rings. The number of para-hydroxylation sites is 1. The molecule has 0 spiro atoms. The van der Waals surface area contributed by atoms with E-state index in [1.165, 1.54) is 5.56 Å². The Kier molecular flexibility index (Phi) is 6.40. The Bertz CT molecular complexity index is 1040. The summed E-state index contributed by atoms with van der Waals surface area (Å²) in [5.41, 5.74) is 2.05. The van der Waals surface area contributed by atoms with Gasteiger partial charge >= 0.3 is 0 Å². The van der Waals surface area contributed by atoms with Crippen molar-refractivity contribution in [3.8, 4) is 0 Å². The number of piperidine rings is 1. The zero-order chi connectivity index (χ0) is 20.9. The molecule has 30 heavy (non-hydrogen) atoms. The first-order valence-corrected chi connectivity index (χ1v) is 10.8. The summed E-state index contributed by atoms with van der Waals surface area (Å²) in [6.07, 6.45) is 1.89. The van der Waals surface area contributed by atoms with Gasteiger partial charge in [-0.25, -0.2) is 4.68 Å². The number of aryl methyl sites for hydroxylation is 1. The molecule has 1 N–H and O–H groups in total. The van der Waals surface area contributed by atoms with E-state index in [1.54, 1.807) is 0 Å². The average Bonchev–Trinajstić information content (AvgIpc) is 3.03. The Balaban J connectivity index is 1.41. The summed E-state index contributed by atoms with van der Waals surface area (Å²) in [6, 6.07) is 19.9. The number of nitrogens with zero attached hydrogens (tertiary/aromatic N) is 4. The topological polar surface area (TPSA) is 55.1 Å². The number of hydrogen-bond donors (Lipinski definition) is 1. The number of likely N-dealkylation sites (tertiary alicyclic amines) is 1. The fraction of sp³-hybridized carbons (Fsp3) is 0.348. The van der Waals surface area contributed by atoms with Crippen molar-refractivity contribution in [1.82, 2.24) is 19.2 Å².